The summed E-state index contributed by atoms with van der Waals surface area (Å²) in [7, 11) is 1.63. The lowest BCUT2D eigenvalue weighted by atomic mass is 10.0. The minimum Gasteiger partial charge on any atom is -0.497 e. The van der Waals surface area contributed by atoms with Gasteiger partial charge in [0, 0.05) is 28.4 Å². The zero-order valence-corrected chi connectivity index (χ0v) is 17.2. The normalized spacial score (nSPS) is 11.3. The topological polar surface area (TPSA) is 38.3 Å². The third-order valence-corrected chi connectivity index (χ3v) is 5.20. The zero-order chi connectivity index (χ0) is 20.9. The van der Waals surface area contributed by atoms with E-state index >= 15 is 0 Å². The van der Waals surface area contributed by atoms with Gasteiger partial charge < -0.3 is 10.1 Å². The molecule has 0 aliphatic rings. The average Bonchev–Trinajstić information content (AvgIpc) is 2.79. The van der Waals surface area contributed by atoms with Crippen LogP contribution in [0.4, 0.5) is 5.69 Å². The summed E-state index contributed by atoms with van der Waals surface area (Å²) in [6.45, 7) is 0. The molecule has 0 aromatic heterocycles. The van der Waals surface area contributed by atoms with E-state index in [0.717, 1.165) is 27.8 Å². The molecular formula is C26H20ClNO2. The molecule has 0 fully saturated rings. The minimum absolute atomic E-state index is 0.167. The molecule has 4 aromatic carbocycles. The summed E-state index contributed by atoms with van der Waals surface area (Å²) in [5, 5.41) is 6.07. The van der Waals surface area contributed by atoms with E-state index in [2.05, 4.69) is 23.5 Å². The SMILES string of the molecule is COc1ccc(/C(=C\C(=O)c2ccccc2Cl)Nc2cccc3ccccc23)cc1. The Kier molecular flexibility index (Phi) is 5.82. The van der Waals surface area contributed by atoms with Gasteiger partial charge in [0.25, 0.3) is 0 Å². The summed E-state index contributed by atoms with van der Waals surface area (Å²) in [5.74, 6) is 0.583. The second-order valence-corrected chi connectivity index (χ2v) is 7.19. The summed E-state index contributed by atoms with van der Waals surface area (Å²) in [5.41, 5.74) is 2.93. The van der Waals surface area contributed by atoms with Gasteiger partial charge in [-0.25, -0.2) is 0 Å². The fourth-order valence-electron chi connectivity index (χ4n) is 3.31. The number of halogens is 1. The van der Waals surface area contributed by atoms with E-state index in [9.17, 15) is 4.79 Å². The standard InChI is InChI=1S/C26H20ClNO2/c1-30-20-15-13-19(14-16-20)25(17-26(29)22-10-4-5-11-23(22)27)28-24-12-6-8-18-7-2-3-9-21(18)24/h2-17,28H,1H3/b25-17+. The number of hydrogen-bond acceptors (Lipinski definition) is 3. The van der Waals surface area contributed by atoms with Crippen LogP contribution in [0.5, 0.6) is 5.75 Å². The Hall–Kier alpha value is -3.56. The number of carbonyl (C=O) groups excluding carboxylic acids is 1. The summed E-state index contributed by atoms with van der Waals surface area (Å²) in [4.78, 5) is 13.0. The molecule has 0 radical (unpaired) electrons. The third kappa shape index (κ3) is 4.22. The number of methoxy groups -OCH3 is 1. The van der Waals surface area contributed by atoms with Gasteiger partial charge in [-0.05, 0) is 53.4 Å². The van der Waals surface area contributed by atoms with E-state index in [0.29, 0.717) is 16.3 Å². The number of hydrogen-bond donors (Lipinski definition) is 1. The molecule has 4 aromatic rings. The maximum absolute atomic E-state index is 13.0. The number of fused-ring (bicyclic) bond motifs is 1. The Balaban J connectivity index is 1.78. The van der Waals surface area contributed by atoms with E-state index in [-0.39, 0.29) is 5.78 Å². The van der Waals surface area contributed by atoms with E-state index in [4.69, 9.17) is 16.3 Å². The molecule has 0 aliphatic heterocycles. The van der Waals surface area contributed by atoms with Crippen molar-refractivity contribution in [1.29, 1.82) is 0 Å². The number of nitrogens with one attached hydrogen (secondary N) is 1. The molecule has 4 heteroatoms. The Morgan fingerprint density at radius 1 is 0.867 bits per heavy atom. The van der Waals surface area contributed by atoms with E-state index in [1.807, 2.05) is 54.6 Å². The summed E-state index contributed by atoms with van der Waals surface area (Å²) < 4.78 is 5.27. The van der Waals surface area contributed by atoms with E-state index in [1.54, 1.807) is 31.4 Å². The van der Waals surface area contributed by atoms with Crippen molar-refractivity contribution in [2.45, 2.75) is 0 Å². The number of carbonyl (C=O) groups is 1. The number of ketones is 1. The molecule has 0 amide bonds. The van der Waals surface area contributed by atoms with Crippen molar-refractivity contribution < 1.29 is 9.53 Å². The first-order valence-corrected chi connectivity index (χ1v) is 9.93. The highest BCUT2D eigenvalue weighted by molar-refractivity contribution is 6.34. The van der Waals surface area contributed by atoms with Crippen LogP contribution in [0.15, 0.2) is 97.1 Å². The highest BCUT2D eigenvalue weighted by Gasteiger charge is 2.12. The van der Waals surface area contributed by atoms with Gasteiger partial charge in [0.1, 0.15) is 5.75 Å². The largest absolute Gasteiger partial charge is 0.497 e. The number of rotatable bonds is 6. The molecule has 0 saturated carbocycles. The Labute approximate surface area is 180 Å². The lowest BCUT2D eigenvalue weighted by Crippen LogP contribution is -2.04. The molecule has 3 nitrogen and oxygen atoms in total. The van der Waals surface area contributed by atoms with Gasteiger partial charge in [-0.3, -0.25) is 4.79 Å². The van der Waals surface area contributed by atoms with Crippen LogP contribution >= 0.6 is 11.6 Å². The molecule has 0 heterocycles. The smallest absolute Gasteiger partial charge is 0.189 e. The van der Waals surface area contributed by atoms with Crippen LogP contribution in [0.25, 0.3) is 16.5 Å². The number of anilines is 1. The molecule has 1 N–H and O–H groups in total. The van der Waals surface area contributed by atoms with Gasteiger partial charge in [-0.15, -0.1) is 0 Å². The van der Waals surface area contributed by atoms with Crippen molar-refractivity contribution in [3.8, 4) is 5.75 Å². The maximum Gasteiger partial charge on any atom is 0.189 e. The fraction of sp³-hybridized carbons (Fsp3) is 0.0385. The molecule has 30 heavy (non-hydrogen) atoms. The van der Waals surface area contributed by atoms with Gasteiger partial charge in [-0.2, -0.15) is 0 Å². The van der Waals surface area contributed by atoms with E-state index in [1.165, 1.54) is 0 Å². The second kappa shape index (κ2) is 8.85. The quantitative estimate of drug-likeness (QED) is 0.278. The molecule has 148 valence electrons. The maximum atomic E-state index is 13.0. The van der Waals surface area contributed by atoms with Crippen LogP contribution in [0.1, 0.15) is 15.9 Å². The van der Waals surface area contributed by atoms with Gasteiger partial charge in [-0.1, -0.05) is 60.1 Å². The van der Waals surface area contributed by atoms with Crippen LogP contribution in [0, 0.1) is 0 Å². The lowest BCUT2D eigenvalue weighted by molar-refractivity contribution is 0.104. The highest BCUT2D eigenvalue weighted by Crippen LogP contribution is 2.28. The van der Waals surface area contributed by atoms with Crippen molar-refractivity contribution in [3.63, 3.8) is 0 Å². The number of ether oxygens (including phenoxy) is 1. The summed E-state index contributed by atoms with van der Waals surface area (Å²) >= 11 is 6.24. The first-order chi connectivity index (χ1) is 14.7. The van der Waals surface area contributed by atoms with Crippen LogP contribution in [0.3, 0.4) is 0 Å². The fourth-order valence-corrected chi connectivity index (χ4v) is 3.54. The van der Waals surface area contributed by atoms with Gasteiger partial charge >= 0.3 is 0 Å². The molecule has 0 bridgehead atoms. The van der Waals surface area contributed by atoms with Crippen LogP contribution in [0.2, 0.25) is 5.02 Å². The van der Waals surface area contributed by atoms with Crippen molar-refractivity contribution in [3.05, 3.63) is 113 Å². The predicted octanol–water partition coefficient (Wildman–Crippen LogP) is 6.84. The minimum atomic E-state index is -0.167. The molecule has 4 rings (SSSR count). The molecular weight excluding hydrogens is 394 g/mol. The molecule has 0 saturated heterocycles. The monoisotopic (exact) mass is 413 g/mol. The molecule has 0 aliphatic carbocycles. The Morgan fingerprint density at radius 2 is 1.57 bits per heavy atom. The van der Waals surface area contributed by atoms with Crippen LogP contribution in [-0.4, -0.2) is 12.9 Å². The first-order valence-electron chi connectivity index (χ1n) is 9.55. The van der Waals surface area contributed by atoms with E-state index < -0.39 is 0 Å². The van der Waals surface area contributed by atoms with Crippen molar-refractivity contribution in [2.75, 3.05) is 12.4 Å². The zero-order valence-electron chi connectivity index (χ0n) is 16.4. The predicted molar refractivity (Wildman–Crippen MR) is 124 cm³/mol. The van der Waals surface area contributed by atoms with Gasteiger partial charge in [0.2, 0.25) is 0 Å². The molecule has 0 spiro atoms. The van der Waals surface area contributed by atoms with Crippen LogP contribution in [-0.2, 0) is 0 Å². The molecule has 0 atom stereocenters. The lowest BCUT2D eigenvalue weighted by Gasteiger charge is -2.14. The van der Waals surface area contributed by atoms with Crippen molar-refractivity contribution in [1.82, 2.24) is 0 Å². The van der Waals surface area contributed by atoms with Crippen molar-refractivity contribution >= 4 is 39.5 Å². The molecule has 0 unspecified atom stereocenters. The number of benzene rings is 4. The summed E-state index contributed by atoms with van der Waals surface area (Å²) in [6, 6.07) is 28.8. The van der Waals surface area contributed by atoms with Gasteiger partial charge in [0.05, 0.1) is 12.1 Å². The van der Waals surface area contributed by atoms with Crippen molar-refractivity contribution in [2.24, 2.45) is 0 Å². The average molecular weight is 414 g/mol. The first kappa shape index (κ1) is 19.7. The Morgan fingerprint density at radius 3 is 2.33 bits per heavy atom. The van der Waals surface area contributed by atoms with Crippen LogP contribution < -0.4 is 10.1 Å². The highest BCUT2D eigenvalue weighted by atomic mass is 35.5. The number of allylic oxidation sites excluding steroid dienone is 1. The second-order valence-electron chi connectivity index (χ2n) is 6.78. The van der Waals surface area contributed by atoms with Gasteiger partial charge in [0.15, 0.2) is 5.78 Å². The third-order valence-electron chi connectivity index (χ3n) is 4.87. The Bertz CT molecular complexity index is 1220. The summed E-state index contributed by atoms with van der Waals surface area (Å²) in [6.07, 6.45) is 1.59.